The molecule has 140 valence electrons. The smallest absolute Gasteiger partial charge is 0.194 e. The average molecular weight is 468 g/mol. The van der Waals surface area contributed by atoms with Crippen LogP contribution in [-0.4, -0.2) is 83.3 Å². The molecule has 0 bridgehead atoms. The number of aliphatic hydroxyl groups is 1. The van der Waals surface area contributed by atoms with Gasteiger partial charge in [-0.15, -0.1) is 24.0 Å². The maximum atomic E-state index is 10.5. The fraction of sp³-hybridized carbons (Fsp3) is 0.941. The SMILES string of the molecule is CCNC(=NCC1(O)CCSC1)N1CCC(N2CCCCC2)C1.I. The molecule has 2 unspecified atom stereocenters. The second-order valence-corrected chi connectivity index (χ2v) is 8.29. The van der Waals surface area contributed by atoms with Crippen molar-refractivity contribution in [1.82, 2.24) is 15.1 Å². The summed E-state index contributed by atoms with van der Waals surface area (Å²) < 4.78 is 0. The Morgan fingerprint density at radius 2 is 2.08 bits per heavy atom. The van der Waals surface area contributed by atoms with Crippen LogP contribution in [0.5, 0.6) is 0 Å². The molecule has 3 fully saturated rings. The van der Waals surface area contributed by atoms with E-state index in [0.717, 1.165) is 43.5 Å². The number of likely N-dealkylation sites (tertiary alicyclic amines) is 2. The Bertz CT molecular complexity index is 411. The predicted molar refractivity (Wildman–Crippen MR) is 114 cm³/mol. The van der Waals surface area contributed by atoms with Gasteiger partial charge in [0.25, 0.3) is 0 Å². The Balaban J connectivity index is 0.00000208. The van der Waals surface area contributed by atoms with E-state index in [2.05, 4.69) is 22.0 Å². The van der Waals surface area contributed by atoms with Crippen LogP contribution in [0, 0.1) is 0 Å². The van der Waals surface area contributed by atoms with E-state index in [-0.39, 0.29) is 24.0 Å². The standard InChI is InChI=1S/C17H32N4OS.HI/c1-2-18-16(19-13-17(22)7-11-23-14-17)21-10-6-15(12-21)20-8-4-3-5-9-20;/h15,22H,2-14H2,1H3,(H,18,19);1H. The highest BCUT2D eigenvalue weighted by molar-refractivity contribution is 14.0. The second kappa shape index (κ2) is 9.83. The van der Waals surface area contributed by atoms with E-state index in [1.54, 1.807) is 0 Å². The first-order chi connectivity index (χ1) is 11.2. The third-order valence-electron chi connectivity index (χ3n) is 5.31. The fourth-order valence-electron chi connectivity index (χ4n) is 3.88. The molecule has 0 radical (unpaired) electrons. The molecule has 0 aromatic rings. The highest BCUT2D eigenvalue weighted by Crippen LogP contribution is 2.28. The topological polar surface area (TPSA) is 51.1 Å². The zero-order chi connectivity index (χ0) is 16.1. The monoisotopic (exact) mass is 468 g/mol. The zero-order valence-corrected chi connectivity index (χ0v) is 18.0. The van der Waals surface area contributed by atoms with Gasteiger partial charge in [-0.2, -0.15) is 11.8 Å². The molecular formula is C17H33IN4OS. The van der Waals surface area contributed by atoms with Crippen LogP contribution >= 0.6 is 35.7 Å². The molecule has 3 saturated heterocycles. The number of aliphatic imine (C=N–C) groups is 1. The Kier molecular flexibility index (Phi) is 8.43. The molecule has 3 rings (SSSR count). The lowest BCUT2D eigenvalue weighted by Gasteiger charge is -2.32. The zero-order valence-electron chi connectivity index (χ0n) is 14.9. The number of hydrogen-bond donors (Lipinski definition) is 2. The van der Waals surface area contributed by atoms with Gasteiger partial charge in [0.05, 0.1) is 12.1 Å². The Morgan fingerprint density at radius 1 is 1.29 bits per heavy atom. The molecule has 0 aliphatic carbocycles. The molecule has 2 atom stereocenters. The summed E-state index contributed by atoms with van der Waals surface area (Å²) in [4.78, 5) is 9.85. The first-order valence-electron chi connectivity index (χ1n) is 9.28. The van der Waals surface area contributed by atoms with Crippen LogP contribution in [0.4, 0.5) is 0 Å². The molecule has 5 nitrogen and oxygen atoms in total. The van der Waals surface area contributed by atoms with Crippen molar-refractivity contribution in [2.45, 2.75) is 50.7 Å². The van der Waals surface area contributed by atoms with Gasteiger partial charge >= 0.3 is 0 Å². The minimum Gasteiger partial charge on any atom is -0.387 e. The van der Waals surface area contributed by atoms with E-state index >= 15 is 0 Å². The molecule has 0 aromatic carbocycles. The summed E-state index contributed by atoms with van der Waals surface area (Å²) in [6.07, 6.45) is 6.22. The average Bonchev–Trinajstić information content (AvgIpc) is 3.22. The minimum absolute atomic E-state index is 0. The van der Waals surface area contributed by atoms with Crippen molar-refractivity contribution in [1.29, 1.82) is 0 Å². The van der Waals surface area contributed by atoms with Gasteiger partial charge in [0, 0.05) is 31.4 Å². The summed E-state index contributed by atoms with van der Waals surface area (Å²) in [5, 5.41) is 14.0. The largest absolute Gasteiger partial charge is 0.387 e. The molecule has 2 N–H and O–H groups in total. The summed E-state index contributed by atoms with van der Waals surface area (Å²) in [6, 6.07) is 0.685. The Morgan fingerprint density at radius 3 is 2.75 bits per heavy atom. The number of halogens is 1. The van der Waals surface area contributed by atoms with Crippen LogP contribution in [0.15, 0.2) is 4.99 Å². The van der Waals surface area contributed by atoms with Gasteiger partial charge in [0.15, 0.2) is 5.96 Å². The first kappa shape index (κ1) is 20.6. The molecule has 0 aromatic heterocycles. The first-order valence-corrected chi connectivity index (χ1v) is 10.4. The molecular weight excluding hydrogens is 435 g/mol. The third kappa shape index (κ3) is 5.38. The highest BCUT2D eigenvalue weighted by atomic mass is 127. The lowest BCUT2D eigenvalue weighted by atomic mass is 10.1. The molecule has 0 saturated carbocycles. The van der Waals surface area contributed by atoms with Crippen molar-refractivity contribution in [3.05, 3.63) is 0 Å². The van der Waals surface area contributed by atoms with Gasteiger partial charge in [-0.1, -0.05) is 6.42 Å². The quantitative estimate of drug-likeness (QED) is 0.376. The summed E-state index contributed by atoms with van der Waals surface area (Å²) in [5.41, 5.74) is -0.586. The van der Waals surface area contributed by atoms with E-state index in [9.17, 15) is 5.11 Å². The van der Waals surface area contributed by atoms with Crippen LogP contribution in [0.3, 0.4) is 0 Å². The molecule has 24 heavy (non-hydrogen) atoms. The van der Waals surface area contributed by atoms with Gasteiger partial charge in [-0.3, -0.25) is 9.89 Å². The number of piperidine rings is 1. The van der Waals surface area contributed by atoms with E-state index in [4.69, 9.17) is 4.99 Å². The number of rotatable bonds is 4. The Hall–Kier alpha value is 0.270. The molecule has 3 heterocycles. The summed E-state index contributed by atoms with van der Waals surface area (Å²) in [5.74, 6) is 2.88. The molecule has 7 heteroatoms. The fourth-order valence-corrected chi connectivity index (χ4v) is 5.17. The number of thioether (sulfide) groups is 1. The number of hydrogen-bond acceptors (Lipinski definition) is 4. The van der Waals surface area contributed by atoms with Gasteiger partial charge in [-0.05, 0) is 51.4 Å². The highest BCUT2D eigenvalue weighted by Gasteiger charge is 2.33. The maximum absolute atomic E-state index is 10.5. The molecule has 3 aliphatic heterocycles. The molecule has 0 spiro atoms. The van der Waals surface area contributed by atoms with Crippen molar-refractivity contribution >= 4 is 41.7 Å². The second-order valence-electron chi connectivity index (χ2n) is 7.18. The van der Waals surface area contributed by atoms with Crippen LogP contribution < -0.4 is 5.32 Å². The van der Waals surface area contributed by atoms with Crippen LogP contribution in [0.25, 0.3) is 0 Å². The lowest BCUT2D eigenvalue weighted by Crippen LogP contribution is -2.45. The van der Waals surface area contributed by atoms with Crippen molar-refractivity contribution in [3.8, 4) is 0 Å². The van der Waals surface area contributed by atoms with Gasteiger partial charge in [-0.25, -0.2) is 0 Å². The summed E-state index contributed by atoms with van der Waals surface area (Å²) in [7, 11) is 0. The number of nitrogens with one attached hydrogen (secondary N) is 1. The van der Waals surface area contributed by atoms with Gasteiger partial charge < -0.3 is 15.3 Å². The van der Waals surface area contributed by atoms with Crippen molar-refractivity contribution in [3.63, 3.8) is 0 Å². The maximum Gasteiger partial charge on any atom is 0.194 e. The van der Waals surface area contributed by atoms with Gasteiger partial charge in [0.1, 0.15) is 0 Å². The minimum atomic E-state index is -0.586. The predicted octanol–water partition coefficient (Wildman–Crippen LogP) is 2.00. The van der Waals surface area contributed by atoms with Crippen LogP contribution in [0.2, 0.25) is 0 Å². The van der Waals surface area contributed by atoms with E-state index in [0.29, 0.717) is 12.6 Å². The van der Waals surface area contributed by atoms with E-state index in [1.165, 1.54) is 38.8 Å². The van der Waals surface area contributed by atoms with Crippen molar-refractivity contribution in [2.24, 2.45) is 4.99 Å². The summed E-state index contributed by atoms with van der Waals surface area (Å²) >= 11 is 1.84. The van der Waals surface area contributed by atoms with E-state index in [1.807, 2.05) is 11.8 Å². The van der Waals surface area contributed by atoms with Crippen molar-refractivity contribution in [2.75, 3.05) is 50.8 Å². The van der Waals surface area contributed by atoms with Gasteiger partial charge in [0.2, 0.25) is 0 Å². The van der Waals surface area contributed by atoms with Crippen LogP contribution in [0.1, 0.15) is 39.0 Å². The molecule has 3 aliphatic rings. The molecule has 0 amide bonds. The van der Waals surface area contributed by atoms with Crippen molar-refractivity contribution < 1.29 is 5.11 Å². The number of nitrogens with zero attached hydrogens (tertiary/aromatic N) is 3. The lowest BCUT2D eigenvalue weighted by molar-refractivity contribution is 0.0776. The van der Waals surface area contributed by atoms with E-state index < -0.39 is 5.60 Å². The summed E-state index contributed by atoms with van der Waals surface area (Å²) in [6.45, 7) is 8.24. The normalized spacial score (nSPS) is 32.0. The third-order valence-corrected chi connectivity index (χ3v) is 6.54. The number of guanidine groups is 1. The van der Waals surface area contributed by atoms with Crippen LogP contribution in [-0.2, 0) is 0 Å². The Labute approximate surface area is 168 Å².